The normalized spacial score (nSPS) is 14.8. The summed E-state index contributed by atoms with van der Waals surface area (Å²) < 4.78 is 0. The van der Waals surface area contributed by atoms with Crippen LogP contribution in [-0.4, -0.2) is 23.4 Å². The Balaban J connectivity index is 2.25. The highest BCUT2D eigenvalue weighted by Crippen LogP contribution is 2.33. The molecule has 19 heavy (non-hydrogen) atoms. The molecule has 0 radical (unpaired) electrons. The maximum atomic E-state index is 12.5. The first-order valence-corrected chi connectivity index (χ1v) is 7.21. The van der Waals surface area contributed by atoms with Crippen LogP contribution >= 0.6 is 23.2 Å². The molecule has 2 N–H and O–H groups in total. The van der Waals surface area contributed by atoms with Crippen LogP contribution in [-0.2, 0) is 0 Å². The third-order valence-electron chi connectivity index (χ3n) is 3.34. The van der Waals surface area contributed by atoms with E-state index in [0.29, 0.717) is 27.2 Å². The van der Waals surface area contributed by atoms with E-state index in [9.17, 15) is 4.79 Å². The molecular weight excluding hydrogens is 283 g/mol. The zero-order valence-corrected chi connectivity index (χ0v) is 12.6. The fraction of sp³-hybridized carbons (Fsp3) is 0.500. The molecule has 1 aromatic rings. The van der Waals surface area contributed by atoms with Gasteiger partial charge >= 0.3 is 0 Å². The first-order chi connectivity index (χ1) is 8.90. The molecule has 3 nitrogen and oxygen atoms in total. The molecule has 0 unspecified atom stereocenters. The molecular formula is C14H18Cl2N2O. The van der Waals surface area contributed by atoms with Gasteiger partial charge in [0.05, 0.1) is 15.7 Å². The van der Waals surface area contributed by atoms with E-state index in [2.05, 4.69) is 0 Å². The Labute approximate surface area is 123 Å². The van der Waals surface area contributed by atoms with Gasteiger partial charge in [0.25, 0.3) is 5.91 Å². The van der Waals surface area contributed by atoms with Gasteiger partial charge in [-0.1, -0.05) is 23.2 Å². The summed E-state index contributed by atoms with van der Waals surface area (Å²) in [5, 5.41) is 0.622. The van der Waals surface area contributed by atoms with Crippen molar-refractivity contribution < 1.29 is 4.79 Å². The highest BCUT2D eigenvalue weighted by atomic mass is 35.5. The Morgan fingerprint density at radius 3 is 2.53 bits per heavy atom. The molecule has 104 valence electrons. The number of rotatable bonds is 4. The number of nitrogens with zero attached hydrogens (tertiary/aromatic N) is 1. The molecule has 0 atom stereocenters. The second kappa shape index (κ2) is 5.59. The molecule has 1 saturated carbocycles. The second-order valence-corrected chi connectivity index (χ2v) is 6.14. The van der Waals surface area contributed by atoms with Crippen LogP contribution in [0.2, 0.25) is 10.0 Å². The standard InChI is InChI=1S/C14H18Cl2N2O/c1-8(2)18(7-9-3-4-9)14(19)10-5-11(15)13(16)12(17)6-10/h5-6,8-9H,3-4,7,17H2,1-2H3. The summed E-state index contributed by atoms with van der Waals surface area (Å²) in [5.41, 5.74) is 6.60. The molecule has 2 rings (SSSR count). The summed E-state index contributed by atoms with van der Waals surface area (Å²) in [6, 6.07) is 3.34. The number of hydrogen-bond acceptors (Lipinski definition) is 2. The molecule has 5 heteroatoms. The van der Waals surface area contributed by atoms with Crippen LogP contribution in [0.3, 0.4) is 0 Å². The van der Waals surface area contributed by atoms with Crippen molar-refractivity contribution in [2.45, 2.75) is 32.7 Å². The number of anilines is 1. The van der Waals surface area contributed by atoms with Crippen LogP contribution < -0.4 is 5.73 Å². The lowest BCUT2D eigenvalue weighted by Gasteiger charge is -2.27. The molecule has 0 spiro atoms. The monoisotopic (exact) mass is 300 g/mol. The van der Waals surface area contributed by atoms with E-state index in [0.717, 1.165) is 6.54 Å². The van der Waals surface area contributed by atoms with Crippen molar-refractivity contribution >= 4 is 34.8 Å². The van der Waals surface area contributed by atoms with Crippen LogP contribution in [0, 0.1) is 5.92 Å². The van der Waals surface area contributed by atoms with Crippen molar-refractivity contribution in [3.05, 3.63) is 27.7 Å². The van der Waals surface area contributed by atoms with E-state index in [1.54, 1.807) is 12.1 Å². The summed E-state index contributed by atoms with van der Waals surface area (Å²) in [6.07, 6.45) is 2.42. The molecule has 1 aliphatic carbocycles. The number of amides is 1. The minimum absolute atomic E-state index is 0.0350. The van der Waals surface area contributed by atoms with Gasteiger partial charge in [-0.3, -0.25) is 4.79 Å². The van der Waals surface area contributed by atoms with Crippen LogP contribution in [0.1, 0.15) is 37.0 Å². The first-order valence-electron chi connectivity index (χ1n) is 6.45. The van der Waals surface area contributed by atoms with Crippen LogP contribution in [0.5, 0.6) is 0 Å². The summed E-state index contributed by atoms with van der Waals surface area (Å²) in [5.74, 6) is 0.610. The lowest BCUT2D eigenvalue weighted by molar-refractivity contribution is 0.0696. The van der Waals surface area contributed by atoms with Gasteiger partial charge in [-0.15, -0.1) is 0 Å². The van der Waals surface area contributed by atoms with Crippen LogP contribution in [0.25, 0.3) is 0 Å². The molecule has 0 aliphatic heterocycles. The van der Waals surface area contributed by atoms with Crippen molar-refractivity contribution in [3.63, 3.8) is 0 Å². The number of hydrogen-bond donors (Lipinski definition) is 1. The fourth-order valence-corrected chi connectivity index (χ4v) is 2.34. The van der Waals surface area contributed by atoms with E-state index >= 15 is 0 Å². The Hall–Kier alpha value is -0.930. The molecule has 0 saturated heterocycles. The minimum Gasteiger partial charge on any atom is -0.397 e. The van der Waals surface area contributed by atoms with E-state index < -0.39 is 0 Å². The Morgan fingerprint density at radius 2 is 2.05 bits per heavy atom. The van der Waals surface area contributed by atoms with Gasteiger partial charge in [-0.2, -0.15) is 0 Å². The molecule has 1 aliphatic rings. The molecule has 0 aromatic heterocycles. The van der Waals surface area contributed by atoms with Crippen molar-refractivity contribution in [2.75, 3.05) is 12.3 Å². The maximum absolute atomic E-state index is 12.5. The van der Waals surface area contributed by atoms with E-state index in [-0.39, 0.29) is 11.9 Å². The zero-order chi connectivity index (χ0) is 14.2. The van der Waals surface area contributed by atoms with E-state index in [1.165, 1.54) is 12.8 Å². The van der Waals surface area contributed by atoms with Crippen molar-refractivity contribution in [3.8, 4) is 0 Å². The number of benzene rings is 1. The first kappa shape index (κ1) is 14.5. The predicted molar refractivity (Wildman–Crippen MR) is 79.8 cm³/mol. The molecule has 0 bridgehead atoms. The predicted octanol–water partition coefficient (Wildman–Crippen LogP) is 3.84. The largest absolute Gasteiger partial charge is 0.397 e. The number of halogens is 2. The maximum Gasteiger partial charge on any atom is 0.254 e. The van der Waals surface area contributed by atoms with E-state index in [4.69, 9.17) is 28.9 Å². The van der Waals surface area contributed by atoms with Gasteiger partial charge in [0.1, 0.15) is 0 Å². The Morgan fingerprint density at radius 1 is 1.42 bits per heavy atom. The van der Waals surface area contributed by atoms with Crippen LogP contribution in [0.15, 0.2) is 12.1 Å². The quantitative estimate of drug-likeness (QED) is 0.859. The molecule has 0 heterocycles. The third-order valence-corrected chi connectivity index (χ3v) is 4.16. The summed E-state index contributed by atoms with van der Waals surface area (Å²) in [7, 11) is 0. The SMILES string of the molecule is CC(C)N(CC1CC1)C(=O)c1cc(N)c(Cl)c(Cl)c1. The van der Waals surface area contributed by atoms with Crippen LogP contribution in [0.4, 0.5) is 5.69 Å². The fourth-order valence-electron chi connectivity index (χ4n) is 2.01. The Bertz CT molecular complexity index is 475. The highest BCUT2D eigenvalue weighted by Gasteiger charge is 2.29. The second-order valence-electron chi connectivity index (χ2n) is 5.36. The minimum atomic E-state index is -0.0350. The Kier molecular flexibility index (Phi) is 4.26. The lowest BCUT2D eigenvalue weighted by atomic mass is 10.1. The van der Waals surface area contributed by atoms with E-state index in [1.807, 2.05) is 18.7 Å². The average Bonchev–Trinajstić information content (AvgIpc) is 3.15. The molecule has 1 aromatic carbocycles. The number of nitrogens with two attached hydrogens (primary N) is 1. The van der Waals surface area contributed by atoms with Crippen molar-refractivity contribution in [2.24, 2.45) is 5.92 Å². The van der Waals surface area contributed by atoms with Crippen molar-refractivity contribution in [1.82, 2.24) is 4.90 Å². The summed E-state index contributed by atoms with van der Waals surface area (Å²) in [6.45, 7) is 4.83. The summed E-state index contributed by atoms with van der Waals surface area (Å²) >= 11 is 11.9. The highest BCUT2D eigenvalue weighted by molar-refractivity contribution is 6.43. The smallest absolute Gasteiger partial charge is 0.254 e. The summed E-state index contributed by atoms with van der Waals surface area (Å²) in [4.78, 5) is 14.4. The number of carbonyl (C=O) groups excluding carboxylic acids is 1. The van der Waals surface area contributed by atoms with Crippen molar-refractivity contribution in [1.29, 1.82) is 0 Å². The zero-order valence-electron chi connectivity index (χ0n) is 11.1. The van der Waals surface area contributed by atoms with Gasteiger partial charge in [-0.25, -0.2) is 0 Å². The number of nitrogen functional groups attached to an aromatic ring is 1. The molecule has 1 amide bonds. The van der Waals surface area contributed by atoms with Gasteiger partial charge in [0.15, 0.2) is 0 Å². The lowest BCUT2D eigenvalue weighted by Crippen LogP contribution is -2.38. The van der Waals surface area contributed by atoms with Gasteiger partial charge < -0.3 is 10.6 Å². The molecule has 1 fully saturated rings. The van der Waals surface area contributed by atoms with Gasteiger partial charge in [0, 0.05) is 18.2 Å². The van der Waals surface area contributed by atoms with Gasteiger partial charge in [0.2, 0.25) is 0 Å². The number of carbonyl (C=O) groups is 1. The van der Waals surface area contributed by atoms with Gasteiger partial charge in [-0.05, 0) is 44.7 Å². The topological polar surface area (TPSA) is 46.3 Å². The average molecular weight is 301 g/mol. The third kappa shape index (κ3) is 3.34.